The van der Waals surface area contributed by atoms with Crippen molar-refractivity contribution < 1.29 is 0 Å². The smallest absolute Gasteiger partial charge is 0.194 e. The van der Waals surface area contributed by atoms with Gasteiger partial charge < -0.3 is 5.32 Å². The van der Waals surface area contributed by atoms with Gasteiger partial charge in [0.25, 0.3) is 0 Å². The Labute approximate surface area is 129 Å². The van der Waals surface area contributed by atoms with Gasteiger partial charge in [-0.05, 0) is 33.3 Å². The molecule has 4 heteroatoms. The number of imidazole rings is 1. The van der Waals surface area contributed by atoms with E-state index in [1.54, 1.807) is 11.3 Å². The van der Waals surface area contributed by atoms with Crippen LogP contribution in [0.1, 0.15) is 41.2 Å². The van der Waals surface area contributed by atoms with E-state index in [2.05, 4.69) is 72.0 Å². The molecule has 0 saturated heterocycles. The first kappa shape index (κ1) is 14.3. The third kappa shape index (κ3) is 2.74. The number of hydrogen-bond donors (Lipinski definition) is 1. The average Bonchev–Trinajstić information content (AvgIpc) is 2.97. The van der Waals surface area contributed by atoms with E-state index in [4.69, 9.17) is 0 Å². The predicted octanol–water partition coefficient (Wildman–Crippen LogP) is 4.17. The summed E-state index contributed by atoms with van der Waals surface area (Å²) >= 11 is 1.71. The van der Waals surface area contributed by atoms with Crippen molar-refractivity contribution in [1.82, 2.24) is 14.7 Å². The van der Waals surface area contributed by atoms with Gasteiger partial charge in [0, 0.05) is 23.7 Å². The molecule has 3 aromatic rings. The molecule has 3 nitrogen and oxygen atoms in total. The molecule has 0 saturated carbocycles. The highest BCUT2D eigenvalue weighted by atomic mass is 32.1. The minimum Gasteiger partial charge on any atom is -0.305 e. The number of aromatic nitrogens is 2. The molecule has 0 aliphatic heterocycles. The SMILES string of the molecule is Cc1ccc(C(C)NCc2c(C)nc3scc(C)n23)cc1. The largest absolute Gasteiger partial charge is 0.305 e. The van der Waals surface area contributed by atoms with Crippen molar-refractivity contribution in [2.24, 2.45) is 0 Å². The fourth-order valence-corrected chi connectivity index (χ4v) is 3.53. The number of aryl methyl sites for hydroxylation is 3. The summed E-state index contributed by atoms with van der Waals surface area (Å²) in [5.41, 5.74) is 6.26. The van der Waals surface area contributed by atoms with Crippen molar-refractivity contribution in [1.29, 1.82) is 0 Å². The highest BCUT2D eigenvalue weighted by molar-refractivity contribution is 7.15. The Hall–Kier alpha value is -1.65. The third-order valence-electron chi connectivity index (χ3n) is 3.98. The molecule has 2 aromatic heterocycles. The van der Waals surface area contributed by atoms with E-state index in [1.165, 1.54) is 22.5 Å². The minimum absolute atomic E-state index is 0.328. The first-order valence-electron chi connectivity index (χ1n) is 7.28. The molecule has 1 aromatic carbocycles. The van der Waals surface area contributed by atoms with Crippen LogP contribution in [0.2, 0.25) is 0 Å². The van der Waals surface area contributed by atoms with Crippen LogP contribution in [-0.4, -0.2) is 9.38 Å². The molecule has 0 amide bonds. The van der Waals surface area contributed by atoms with Crippen LogP contribution >= 0.6 is 11.3 Å². The number of nitrogens with zero attached hydrogens (tertiary/aromatic N) is 2. The number of thiazole rings is 1. The molecule has 110 valence electrons. The Morgan fingerprint density at radius 3 is 2.62 bits per heavy atom. The van der Waals surface area contributed by atoms with Crippen LogP contribution in [-0.2, 0) is 6.54 Å². The predicted molar refractivity (Wildman–Crippen MR) is 89.0 cm³/mol. The van der Waals surface area contributed by atoms with Gasteiger partial charge in [-0.3, -0.25) is 4.40 Å². The maximum Gasteiger partial charge on any atom is 0.194 e. The fourth-order valence-electron chi connectivity index (χ4n) is 2.60. The molecular weight excluding hydrogens is 278 g/mol. The molecular formula is C17H21N3S. The Morgan fingerprint density at radius 2 is 1.90 bits per heavy atom. The topological polar surface area (TPSA) is 29.3 Å². The van der Waals surface area contributed by atoms with Crippen LogP contribution in [0.15, 0.2) is 29.6 Å². The van der Waals surface area contributed by atoms with Gasteiger partial charge >= 0.3 is 0 Å². The van der Waals surface area contributed by atoms with Crippen molar-refractivity contribution >= 4 is 16.3 Å². The van der Waals surface area contributed by atoms with E-state index in [9.17, 15) is 0 Å². The lowest BCUT2D eigenvalue weighted by Crippen LogP contribution is -2.19. The van der Waals surface area contributed by atoms with Crippen molar-refractivity contribution in [3.63, 3.8) is 0 Å². The minimum atomic E-state index is 0.328. The summed E-state index contributed by atoms with van der Waals surface area (Å²) in [4.78, 5) is 5.73. The molecule has 0 radical (unpaired) electrons. The summed E-state index contributed by atoms with van der Waals surface area (Å²) < 4.78 is 2.26. The molecule has 2 heterocycles. The first-order valence-corrected chi connectivity index (χ1v) is 8.16. The molecule has 0 aliphatic rings. The zero-order valence-corrected chi connectivity index (χ0v) is 13.8. The van der Waals surface area contributed by atoms with Crippen LogP contribution in [0.5, 0.6) is 0 Å². The van der Waals surface area contributed by atoms with Crippen LogP contribution in [0, 0.1) is 20.8 Å². The highest BCUT2D eigenvalue weighted by Gasteiger charge is 2.13. The summed E-state index contributed by atoms with van der Waals surface area (Å²) in [6.07, 6.45) is 0. The second-order valence-corrected chi connectivity index (χ2v) is 6.49. The van der Waals surface area contributed by atoms with Gasteiger partial charge in [0.15, 0.2) is 4.96 Å². The monoisotopic (exact) mass is 299 g/mol. The van der Waals surface area contributed by atoms with E-state index in [-0.39, 0.29) is 0 Å². The summed E-state index contributed by atoms with van der Waals surface area (Å²) in [7, 11) is 0. The maximum atomic E-state index is 4.64. The summed E-state index contributed by atoms with van der Waals surface area (Å²) in [5, 5.41) is 5.78. The van der Waals surface area contributed by atoms with Crippen LogP contribution in [0.3, 0.4) is 0 Å². The number of benzene rings is 1. The number of rotatable bonds is 4. The Kier molecular flexibility index (Phi) is 3.83. The summed E-state index contributed by atoms with van der Waals surface area (Å²) in [5.74, 6) is 0. The second kappa shape index (κ2) is 5.62. The van der Waals surface area contributed by atoms with E-state index in [0.29, 0.717) is 6.04 Å². The lowest BCUT2D eigenvalue weighted by atomic mass is 10.1. The van der Waals surface area contributed by atoms with E-state index in [0.717, 1.165) is 17.2 Å². The van der Waals surface area contributed by atoms with Crippen molar-refractivity contribution in [3.05, 3.63) is 57.9 Å². The molecule has 0 aliphatic carbocycles. The fraction of sp³-hybridized carbons (Fsp3) is 0.353. The Morgan fingerprint density at radius 1 is 1.19 bits per heavy atom. The summed E-state index contributed by atoms with van der Waals surface area (Å²) in [6.45, 7) is 9.39. The van der Waals surface area contributed by atoms with Crippen LogP contribution in [0.25, 0.3) is 4.96 Å². The average molecular weight is 299 g/mol. The van der Waals surface area contributed by atoms with Gasteiger partial charge in [-0.15, -0.1) is 11.3 Å². The number of hydrogen-bond acceptors (Lipinski definition) is 3. The van der Waals surface area contributed by atoms with Crippen molar-refractivity contribution in [2.75, 3.05) is 0 Å². The lowest BCUT2D eigenvalue weighted by Gasteiger charge is -2.15. The third-order valence-corrected chi connectivity index (χ3v) is 4.93. The van der Waals surface area contributed by atoms with Gasteiger partial charge in [-0.1, -0.05) is 29.8 Å². The number of nitrogens with one attached hydrogen (secondary N) is 1. The standard InChI is InChI=1S/C17H21N3S/c1-11-5-7-15(8-6-11)13(3)18-9-16-14(4)19-17-20(16)12(2)10-21-17/h5-8,10,13,18H,9H2,1-4H3. The normalized spacial score (nSPS) is 13.0. The van der Waals surface area contributed by atoms with Gasteiger partial charge in [0.1, 0.15) is 0 Å². The van der Waals surface area contributed by atoms with E-state index < -0.39 is 0 Å². The maximum absolute atomic E-state index is 4.64. The van der Waals surface area contributed by atoms with Crippen molar-refractivity contribution in [3.8, 4) is 0 Å². The van der Waals surface area contributed by atoms with Crippen LogP contribution < -0.4 is 5.32 Å². The highest BCUT2D eigenvalue weighted by Crippen LogP contribution is 2.21. The molecule has 3 rings (SSSR count). The zero-order valence-electron chi connectivity index (χ0n) is 13.0. The molecule has 0 bridgehead atoms. The van der Waals surface area contributed by atoms with Gasteiger partial charge in [-0.2, -0.15) is 0 Å². The van der Waals surface area contributed by atoms with Crippen molar-refractivity contribution in [2.45, 2.75) is 40.3 Å². The molecule has 21 heavy (non-hydrogen) atoms. The van der Waals surface area contributed by atoms with Gasteiger partial charge in [0.2, 0.25) is 0 Å². The molecule has 1 unspecified atom stereocenters. The van der Waals surface area contributed by atoms with Crippen LogP contribution in [0.4, 0.5) is 0 Å². The summed E-state index contributed by atoms with van der Waals surface area (Å²) in [6, 6.07) is 9.05. The van der Waals surface area contributed by atoms with Gasteiger partial charge in [0.05, 0.1) is 11.4 Å². The number of fused-ring (bicyclic) bond motifs is 1. The van der Waals surface area contributed by atoms with E-state index in [1.807, 2.05) is 0 Å². The Bertz CT molecular complexity index is 752. The second-order valence-electron chi connectivity index (χ2n) is 5.65. The zero-order chi connectivity index (χ0) is 15.0. The molecule has 1 N–H and O–H groups in total. The van der Waals surface area contributed by atoms with E-state index >= 15 is 0 Å². The van der Waals surface area contributed by atoms with Gasteiger partial charge in [-0.25, -0.2) is 4.98 Å². The molecule has 0 spiro atoms. The quantitative estimate of drug-likeness (QED) is 0.783. The first-order chi connectivity index (χ1) is 10.1. The molecule has 0 fully saturated rings. The lowest BCUT2D eigenvalue weighted by molar-refractivity contribution is 0.563. The molecule has 1 atom stereocenters. The Balaban J connectivity index is 1.78.